The highest BCUT2D eigenvalue weighted by molar-refractivity contribution is 5.88. The zero-order valence-electron chi connectivity index (χ0n) is 16.1. The van der Waals surface area contributed by atoms with Crippen LogP contribution in [0.2, 0.25) is 0 Å². The van der Waals surface area contributed by atoms with Gasteiger partial charge in [0.25, 0.3) is 5.91 Å². The molecule has 1 fully saturated rings. The lowest BCUT2D eigenvalue weighted by molar-refractivity contribution is -0.220. The number of hydrogen-bond donors (Lipinski definition) is 2. The number of piperidine rings is 1. The summed E-state index contributed by atoms with van der Waals surface area (Å²) in [5.41, 5.74) is -1.33. The molecule has 2 N–H and O–H groups in total. The van der Waals surface area contributed by atoms with Crippen LogP contribution in [0.1, 0.15) is 46.1 Å². The van der Waals surface area contributed by atoms with Crippen LogP contribution in [0.25, 0.3) is 0 Å². The Hall–Kier alpha value is -1.92. The first-order valence-corrected chi connectivity index (χ1v) is 9.14. The lowest BCUT2D eigenvalue weighted by Crippen LogP contribution is -2.61. The maximum Gasteiger partial charge on any atom is 0.335 e. The molecule has 1 heterocycles. The molecule has 0 radical (unpaired) electrons. The molecule has 1 aliphatic rings. The van der Waals surface area contributed by atoms with Crippen molar-refractivity contribution in [2.24, 2.45) is 5.92 Å². The molecular formula is C20H30N2O4. The topological polar surface area (TPSA) is 78.9 Å². The van der Waals surface area contributed by atoms with Crippen LogP contribution < -0.4 is 5.32 Å². The van der Waals surface area contributed by atoms with Crippen molar-refractivity contribution in [3.63, 3.8) is 0 Å². The van der Waals surface area contributed by atoms with Gasteiger partial charge < -0.3 is 10.1 Å². The standard InChI is InChI=1S/C20H30N2O4/c1-19(2,3)26-18(24)20(4,16-10-12-21-13-11-16)22(25)17(23)14-15-8-6-5-7-9-15/h5-9,16,21,25H,10-14H2,1-4H3. The average molecular weight is 362 g/mol. The number of nitrogens with zero attached hydrogens (tertiary/aromatic N) is 1. The molecule has 1 amide bonds. The number of esters is 1. The number of benzene rings is 1. The summed E-state index contributed by atoms with van der Waals surface area (Å²) in [6.45, 7) is 8.43. The molecule has 26 heavy (non-hydrogen) atoms. The van der Waals surface area contributed by atoms with E-state index in [1.807, 2.05) is 30.3 Å². The van der Waals surface area contributed by atoms with Gasteiger partial charge in [-0.25, -0.2) is 9.86 Å². The van der Waals surface area contributed by atoms with E-state index in [2.05, 4.69) is 5.32 Å². The van der Waals surface area contributed by atoms with Crippen LogP contribution >= 0.6 is 0 Å². The quantitative estimate of drug-likeness (QED) is 0.478. The van der Waals surface area contributed by atoms with E-state index in [9.17, 15) is 14.8 Å². The molecule has 1 aromatic rings. The van der Waals surface area contributed by atoms with Crippen molar-refractivity contribution < 1.29 is 19.5 Å². The summed E-state index contributed by atoms with van der Waals surface area (Å²) in [5, 5.41) is 14.6. The van der Waals surface area contributed by atoms with Crippen LogP contribution in [0, 0.1) is 5.92 Å². The lowest BCUT2D eigenvalue weighted by Gasteiger charge is -2.43. The Morgan fingerprint density at radius 3 is 2.27 bits per heavy atom. The number of hydrogen-bond acceptors (Lipinski definition) is 5. The van der Waals surface area contributed by atoms with Crippen molar-refractivity contribution in [2.75, 3.05) is 13.1 Å². The SMILES string of the molecule is CC(C)(C)OC(=O)C(C)(C1CCNCC1)N(O)C(=O)Cc1ccccc1. The van der Waals surface area contributed by atoms with Gasteiger partial charge >= 0.3 is 5.97 Å². The third kappa shape index (κ3) is 4.83. The zero-order valence-corrected chi connectivity index (χ0v) is 16.1. The Balaban J connectivity index is 2.26. The van der Waals surface area contributed by atoms with E-state index in [4.69, 9.17) is 4.74 Å². The third-order valence-corrected chi connectivity index (χ3v) is 4.82. The minimum absolute atomic E-state index is 0.0285. The fraction of sp³-hybridized carbons (Fsp3) is 0.600. The van der Waals surface area contributed by atoms with Crippen LogP contribution in [-0.4, -0.2) is 46.4 Å². The fourth-order valence-corrected chi connectivity index (χ4v) is 3.30. The molecule has 1 saturated heterocycles. The van der Waals surface area contributed by atoms with Crippen LogP contribution in [0.5, 0.6) is 0 Å². The normalized spacial score (nSPS) is 18.0. The van der Waals surface area contributed by atoms with E-state index in [0.29, 0.717) is 17.9 Å². The van der Waals surface area contributed by atoms with Gasteiger partial charge in [0.1, 0.15) is 5.60 Å². The Kier molecular flexibility index (Phi) is 6.42. The minimum Gasteiger partial charge on any atom is -0.458 e. The number of amides is 1. The third-order valence-electron chi connectivity index (χ3n) is 4.82. The number of ether oxygens (including phenoxy) is 1. The fourth-order valence-electron chi connectivity index (χ4n) is 3.30. The summed E-state index contributed by atoms with van der Waals surface area (Å²) in [6.07, 6.45) is 1.40. The number of rotatable bonds is 5. The van der Waals surface area contributed by atoms with Gasteiger partial charge in [-0.05, 0) is 65.1 Å². The average Bonchev–Trinajstić information content (AvgIpc) is 2.60. The monoisotopic (exact) mass is 362 g/mol. The van der Waals surface area contributed by atoms with Crippen molar-refractivity contribution in [1.82, 2.24) is 10.4 Å². The van der Waals surface area contributed by atoms with Crippen LogP contribution in [-0.2, 0) is 20.7 Å². The molecule has 0 aromatic heterocycles. The van der Waals surface area contributed by atoms with Gasteiger partial charge in [0.2, 0.25) is 0 Å². The molecule has 0 saturated carbocycles. The van der Waals surface area contributed by atoms with Crippen molar-refractivity contribution in [3.8, 4) is 0 Å². The molecule has 1 aromatic carbocycles. The maximum absolute atomic E-state index is 13.0. The van der Waals surface area contributed by atoms with Gasteiger partial charge in [0.15, 0.2) is 5.54 Å². The summed E-state index contributed by atoms with van der Waals surface area (Å²) >= 11 is 0. The second-order valence-corrected chi connectivity index (χ2v) is 8.04. The van der Waals surface area contributed by atoms with Crippen LogP contribution in [0.15, 0.2) is 30.3 Å². The van der Waals surface area contributed by atoms with E-state index in [1.165, 1.54) is 0 Å². The molecule has 1 unspecified atom stereocenters. The zero-order chi connectivity index (χ0) is 19.4. The summed E-state index contributed by atoms with van der Waals surface area (Å²) in [5.74, 6) is -1.26. The summed E-state index contributed by atoms with van der Waals surface area (Å²) in [6, 6.07) is 9.18. The van der Waals surface area contributed by atoms with Crippen molar-refractivity contribution in [1.29, 1.82) is 0 Å². The second kappa shape index (κ2) is 8.18. The van der Waals surface area contributed by atoms with Gasteiger partial charge in [0, 0.05) is 0 Å². The van der Waals surface area contributed by atoms with E-state index < -0.39 is 23.0 Å². The minimum atomic E-state index is -1.42. The highest BCUT2D eigenvalue weighted by atomic mass is 16.6. The molecule has 1 aliphatic heterocycles. The second-order valence-electron chi connectivity index (χ2n) is 8.04. The summed E-state index contributed by atoms with van der Waals surface area (Å²) in [7, 11) is 0. The predicted molar refractivity (Wildman–Crippen MR) is 98.6 cm³/mol. The molecule has 2 rings (SSSR count). The van der Waals surface area contributed by atoms with Crippen molar-refractivity contribution >= 4 is 11.9 Å². The van der Waals surface area contributed by atoms with E-state index in [-0.39, 0.29) is 12.3 Å². The number of carbonyl (C=O) groups excluding carboxylic acids is 2. The Bertz CT molecular complexity index is 620. The molecule has 0 aliphatic carbocycles. The van der Waals surface area contributed by atoms with E-state index in [0.717, 1.165) is 18.7 Å². The molecule has 0 bridgehead atoms. The molecule has 6 nitrogen and oxygen atoms in total. The smallest absolute Gasteiger partial charge is 0.335 e. The van der Waals surface area contributed by atoms with Gasteiger partial charge in [0.05, 0.1) is 6.42 Å². The number of carbonyl (C=O) groups is 2. The molecule has 144 valence electrons. The first-order chi connectivity index (χ1) is 12.1. The Labute approximate surface area is 155 Å². The lowest BCUT2D eigenvalue weighted by atomic mass is 9.78. The molecule has 1 atom stereocenters. The van der Waals surface area contributed by atoms with Gasteiger partial charge in [-0.2, -0.15) is 0 Å². The highest BCUT2D eigenvalue weighted by Crippen LogP contribution is 2.33. The van der Waals surface area contributed by atoms with Crippen molar-refractivity contribution in [2.45, 2.75) is 58.1 Å². The summed E-state index contributed by atoms with van der Waals surface area (Å²) < 4.78 is 5.56. The van der Waals surface area contributed by atoms with Gasteiger partial charge in [-0.1, -0.05) is 30.3 Å². The Morgan fingerprint density at radius 1 is 1.15 bits per heavy atom. The Morgan fingerprint density at radius 2 is 1.73 bits per heavy atom. The first-order valence-electron chi connectivity index (χ1n) is 9.14. The van der Waals surface area contributed by atoms with Gasteiger partial charge in [-0.15, -0.1) is 0 Å². The molecule has 6 heteroatoms. The largest absolute Gasteiger partial charge is 0.458 e. The van der Waals surface area contributed by atoms with Crippen LogP contribution in [0.4, 0.5) is 0 Å². The summed E-state index contributed by atoms with van der Waals surface area (Å²) in [4.78, 5) is 25.7. The van der Waals surface area contributed by atoms with Crippen molar-refractivity contribution in [3.05, 3.63) is 35.9 Å². The first kappa shape index (κ1) is 20.4. The predicted octanol–water partition coefficient (Wildman–Crippen LogP) is 2.55. The van der Waals surface area contributed by atoms with E-state index in [1.54, 1.807) is 27.7 Å². The highest BCUT2D eigenvalue weighted by Gasteiger charge is 2.50. The van der Waals surface area contributed by atoms with Gasteiger partial charge in [-0.3, -0.25) is 10.0 Å². The van der Waals surface area contributed by atoms with Crippen LogP contribution in [0.3, 0.4) is 0 Å². The maximum atomic E-state index is 13.0. The van der Waals surface area contributed by atoms with E-state index >= 15 is 0 Å². The number of nitrogens with one attached hydrogen (secondary N) is 1. The number of hydroxylamine groups is 2. The molecular weight excluding hydrogens is 332 g/mol. The molecule has 0 spiro atoms.